The zero-order chi connectivity index (χ0) is 10.4. The van der Waals surface area contributed by atoms with Crippen molar-refractivity contribution in [3.63, 3.8) is 0 Å². The molecule has 78 valence electrons. The molecule has 0 heterocycles. The molecule has 0 fully saturated rings. The van der Waals surface area contributed by atoms with E-state index >= 15 is 0 Å². The van der Waals surface area contributed by atoms with Crippen molar-refractivity contribution in [1.82, 2.24) is 5.32 Å². The molecule has 3 N–H and O–H groups in total. The SMILES string of the molecule is CNCCCN(C)c1ccc(N)cc1. The Morgan fingerprint density at radius 3 is 2.50 bits per heavy atom. The largest absolute Gasteiger partial charge is 0.399 e. The molecule has 0 bridgehead atoms. The van der Waals surface area contributed by atoms with Gasteiger partial charge in [0.2, 0.25) is 0 Å². The molecule has 0 aromatic heterocycles. The van der Waals surface area contributed by atoms with E-state index in [4.69, 9.17) is 5.73 Å². The highest BCUT2D eigenvalue weighted by molar-refractivity contribution is 5.52. The van der Waals surface area contributed by atoms with Gasteiger partial charge in [-0.25, -0.2) is 0 Å². The van der Waals surface area contributed by atoms with E-state index in [0.29, 0.717) is 0 Å². The molecule has 0 saturated carbocycles. The predicted molar refractivity (Wildman–Crippen MR) is 62.7 cm³/mol. The Balaban J connectivity index is 2.43. The normalized spacial score (nSPS) is 10.1. The van der Waals surface area contributed by atoms with Crippen LogP contribution in [-0.2, 0) is 0 Å². The molecular weight excluding hydrogens is 174 g/mol. The van der Waals surface area contributed by atoms with Gasteiger partial charge < -0.3 is 16.0 Å². The molecule has 1 aromatic rings. The number of nitrogens with two attached hydrogens (primary N) is 1. The second kappa shape index (κ2) is 5.50. The number of benzene rings is 1. The van der Waals surface area contributed by atoms with E-state index in [1.165, 1.54) is 5.69 Å². The zero-order valence-corrected chi connectivity index (χ0v) is 8.96. The lowest BCUT2D eigenvalue weighted by Crippen LogP contribution is -2.22. The topological polar surface area (TPSA) is 41.3 Å². The molecule has 0 aliphatic rings. The van der Waals surface area contributed by atoms with Crippen molar-refractivity contribution in [3.8, 4) is 0 Å². The van der Waals surface area contributed by atoms with Crippen LogP contribution in [0.4, 0.5) is 11.4 Å². The van der Waals surface area contributed by atoms with Crippen LogP contribution in [0, 0.1) is 0 Å². The fraction of sp³-hybridized carbons (Fsp3) is 0.455. The summed E-state index contributed by atoms with van der Waals surface area (Å²) in [7, 11) is 4.07. The fourth-order valence-electron chi connectivity index (χ4n) is 1.35. The van der Waals surface area contributed by atoms with Crippen LogP contribution in [0.2, 0.25) is 0 Å². The summed E-state index contributed by atoms with van der Waals surface area (Å²) in [6, 6.07) is 7.97. The van der Waals surface area contributed by atoms with Gasteiger partial charge in [-0.3, -0.25) is 0 Å². The Hall–Kier alpha value is -1.22. The van der Waals surface area contributed by atoms with Gasteiger partial charge in [-0.1, -0.05) is 0 Å². The number of nitrogens with one attached hydrogen (secondary N) is 1. The van der Waals surface area contributed by atoms with Crippen LogP contribution in [0.1, 0.15) is 6.42 Å². The van der Waals surface area contributed by atoms with Gasteiger partial charge in [0.1, 0.15) is 0 Å². The molecule has 1 rings (SSSR count). The van der Waals surface area contributed by atoms with Crippen LogP contribution in [-0.4, -0.2) is 27.2 Å². The first-order valence-electron chi connectivity index (χ1n) is 4.95. The Kier molecular flexibility index (Phi) is 4.26. The highest BCUT2D eigenvalue weighted by Gasteiger charge is 1.98. The Labute approximate surface area is 85.9 Å². The minimum Gasteiger partial charge on any atom is -0.399 e. The van der Waals surface area contributed by atoms with Crippen molar-refractivity contribution in [2.45, 2.75) is 6.42 Å². The maximum atomic E-state index is 5.62. The van der Waals surface area contributed by atoms with Gasteiger partial charge in [0.05, 0.1) is 0 Å². The van der Waals surface area contributed by atoms with Crippen LogP contribution in [0.15, 0.2) is 24.3 Å². The molecule has 0 unspecified atom stereocenters. The third kappa shape index (κ3) is 3.26. The van der Waals surface area contributed by atoms with Crippen molar-refractivity contribution in [3.05, 3.63) is 24.3 Å². The third-order valence-corrected chi connectivity index (χ3v) is 2.25. The van der Waals surface area contributed by atoms with Crippen LogP contribution >= 0.6 is 0 Å². The van der Waals surface area contributed by atoms with Crippen molar-refractivity contribution < 1.29 is 0 Å². The van der Waals surface area contributed by atoms with Crippen LogP contribution in [0.5, 0.6) is 0 Å². The summed E-state index contributed by atoms with van der Waals surface area (Å²) in [5, 5.41) is 3.14. The van der Waals surface area contributed by atoms with Crippen molar-refractivity contribution in [1.29, 1.82) is 0 Å². The summed E-state index contributed by atoms with van der Waals surface area (Å²) in [4.78, 5) is 2.23. The first-order chi connectivity index (χ1) is 6.74. The van der Waals surface area contributed by atoms with Gasteiger partial charge in [0.25, 0.3) is 0 Å². The molecule has 3 nitrogen and oxygen atoms in total. The van der Waals surface area contributed by atoms with Crippen molar-refractivity contribution in [2.24, 2.45) is 0 Å². The highest BCUT2D eigenvalue weighted by atomic mass is 15.1. The van der Waals surface area contributed by atoms with Gasteiger partial charge in [-0.15, -0.1) is 0 Å². The molecule has 0 saturated heterocycles. The summed E-state index contributed by atoms with van der Waals surface area (Å²) in [6.45, 7) is 2.12. The monoisotopic (exact) mass is 193 g/mol. The van der Waals surface area contributed by atoms with E-state index in [9.17, 15) is 0 Å². The fourth-order valence-corrected chi connectivity index (χ4v) is 1.35. The highest BCUT2D eigenvalue weighted by Crippen LogP contribution is 2.14. The van der Waals surface area contributed by atoms with E-state index in [-0.39, 0.29) is 0 Å². The number of nitrogens with zero attached hydrogens (tertiary/aromatic N) is 1. The lowest BCUT2D eigenvalue weighted by Gasteiger charge is -2.19. The van der Waals surface area contributed by atoms with Gasteiger partial charge in [0.15, 0.2) is 0 Å². The van der Waals surface area contributed by atoms with Crippen LogP contribution in [0.25, 0.3) is 0 Å². The maximum absolute atomic E-state index is 5.62. The van der Waals surface area contributed by atoms with E-state index in [1.807, 2.05) is 19.2 Å². The summed E-state index contributed by atoms with van der Waals surface area (Å²) in [5.74, 6) is 0. The molecule has 0 amide bonds. The van der Waals surface area contributed by atoms with Crippen LogP contribution in [0.3, 0.4) is 0 Å². The van der Waals surface area contributed by atoms with Gasteiger partial charge in [-0.05, 0) is 44.3 Å². The summed E-state index contributed by atoms with van der Waals surface area (Å²) < 4.78 is 0. The summed E-state index contributed by atoms with van der Waals surface area (Å²) >= 11 is 0. The molecule has 0 radical (unpaired) electrons. The van der Waals surface area contributed by atoms with Gasteiger partial charge in [0, 0.05) is 25.0 Å². The quantitative estimate of drug-likeness (QED) is 0.547. The van der Waals surface area contributed by atoms with E-state index in [0.717, 1.165) is 25.2 Å². The molecule has 0 atom stereocenters. The van der Waals surface area contributed by atoms with Crippen molar-refractivity contribution >= 4 is 11.4 Å². The molecule has 0 aliphatic heterocycles. The Bertz CT molecular complexity index is 256. The summed E-state index contributed by atoms with van der Waals surface area (Å²) in [6.07, 6.45) is 1.15. The average molecular weight is 193 g/mol. The molecule has 3 heteroatoms. The molecular formula is C11H19N3. The molecule has 0 spiro atoms. The number of anilines is 2. The van der Waals surface area contributed by atoms with E-state index < -0.39 is 0 Å². The number of hydrogen-bond donors (Lipinski definition) is 2. The third-order valence-electron chi connectivity index (χ3n) is 2.25. The lowest BCUT2D eigenvalue weighted by molar-refractivity contribution is 0.713. The number of nitrogen functional groups attached to an aromatic ring is 1. The summed E-state index contributed by atoms with van der Waals surface area (Å²) in [5.41, 5.74) is 7.65. The smallest absolute Gasteiger partial charge is 0.0365 e. The van der Waals surface area contributed by atoms with Gasteiger partial charge >= 0.3 is 0 Å². The number of hydrogen-bond acceptors (Lipinski definition) is 3. The lowest BCUT2D eigenvalue weighted by atomic mass is 10.2. The predicted octanol–water partition coefficient (Wildman–Crippen LogP) is 1.31. The number of rotatable bonds is 5. The minimum absolute atomic E-state index is 0.817. The maximum Gasteiger partial charge on any atom is 0.0365 e. The second-order valence-electron chi connectivity index (χ2n) is 3.47. The van der Waals surface area contributed by atoms with Gasteiger partial charge in [-0.2, -0.15) is 0 Å². The second-order valence-corrected chi connectivity index (χ2v) is 3.47. The molecule has 14 heavy (non-hydrogen) atoms. The first kappa shape index (κ1) is 10.9. The van der Waals surface area contributed by atoms with E-state index in [1.54, 1.807) is 0 Å². The van der Waals surface area contributed by atoms with Crippen molar-refractivity contribution in [2.75, 3.05) is 37.8 Å². The van der Waals surface area contributed by atoms with Crippen LogP contribution < -0.4 is 16.0 Å². The standard InChI is InChI=1S/C11H19N3/c1-13-8-3-9-14(2)11-6-4-10(12)5-7-11/h4-7,13H,3,8-9,12H2,1-2H3. The minimum atomic E-state index is 0.817. The Morgan fingerprint density at radius 2 is 1.93 bits per heavy atom. The average Bonchev–Trinajstić information content (AvgIpc) is 2.19. The van der Waals surface area contributed by atoms with E-state index in [2.05, 4.69) is 29.4 Å². The zero-order valence-electron chi connectivity index (χ0n) is 8.96. The Morgan fingerprint density at radius 1 is 1.29 bits per heavy atom. The first-order valence-corrected chi connectivity index (χ1v) is 4.95. The molecule has 0 aliphatic carbocycles. The molecule has 1 aromatic carbocycles.